The van der Waals surface area contributed by atoms with Gasteiger partial charge in [0.2, 0.25) is 10.0 Å². The van der Waals surface area contributed by atoms with E-state index in [1.807, 2.05) is 4.90 Å². The van der Waals surface area contributed by atoms with Gasteiger partial charge in [0.15, 0.2) is 17.0 Å². The highest BCUT2D eigenvalue weighted by Gasteiger charge is 2.30. The lowest BCUT2D eigenvalue weighted by atomic mass is 10.3. The monoisotopic (exact) mass is 469 g/mol. The van der Waals surface area contributed by atoms with Crippen molar-refractivity contribution in [3.8, 4) is 11.4 Å². The minimum Gasteiger partial charge on any atom is -0.497 e. The van der Waals surface area contributed by atoms with Gasteiger partial charge < -0.3 is 9.64 Å². The first-order valence-corrected chi connectivity index (χ1v) is 11.6. The Hall–Kier alpha value is -3.64. The minimum atomic E-state index is -3.62. The van der Waals surface area contributed by atoms with Crippen LogP contribution in [-0.2, 0) is 10.0 Å². The Balaban J connectivity index is 1.37. The van der Waals surface area contributed by atoms with Crippen LogP contribution < -0.4 is 9.64 Å². The largest absolute Gasteiger partial charge is 0.497 e. The van der Waals surface area contributed by atoms with Crippen molar-refractivity contribution in [1.29, 1.82) is 0 Å². The number of hydrogen-bond acceptors (Lipinski definition) is 8. The van der Waals surface area contributed by atoms with Crippen molar-refractivity contribution in [2.75, 3.05) is 38.2 Å². The van der Waals surface area contributed by atoms with Gasteiger partial charge in [0, 0.05) is 26.2 Å². The van der Waals surface area contributed by atoms with Crippen LogP contribution in [0.2, 0.25) is 0 Å². The summed E-state index contributed by atoms with van der Waals surface area (Å²) < 4.78 is 47.7. The average molecular weight is 470 g/mol. The van der Waals surface area contributed by atoms with E-state index in [0.29, 0.717) is 41.5 Å². The predicted octanol–water partition coefficient (Wildman–Crippen LogP) is 1.87. The summed E-state index contributed by atoms with van der Waals surface area (Å²) in [6, 6.07) is 12.3. The van der Waals surface area contributed by atoms with Gasteiger partial charge in [-0.1, -0.05) is 11.3 Å². The first kappa shape index (κ1) is 21.2. The molecule has 0 saturated carbocycles. The molecule has 0 atom stereocenters. The lowest BCUT2D eigenvalue weighted by Gasteiger charge is -2.34. The Morgan fingerprint density at radius 1 is 1.00 bits per heavy atom. The van der Waals surface area contributed by atoms with Crippen LogP contribution >= 0.6 is 0 Å². The summed E-state index contributed by atoms with van der Waals surface area (Å²) in [7, 11) is -2.09. The van der Waals surface area contributed by atoms with E-state index in [1.54, 1.807) is 36.4 Å². The van der Waals surface area contributed by atoms with Crippen molar-refractivity contribution in [2.45, 2.75) is 4.90 Å². The first-order chi connectivity index (χ1) is 16.0. The third-order valence-corrected chi connectivity index (χ3v) is 7.42. The van der Waals surface area contributed by atoms with Crippen molar-refractivity contribution in [3.63, 3.8) is 0 Å². The second-order valence-electron chi connectivity index (χ2n) is 7.42. The molecule has 2 aromatic carbocycles. The van der Waals surface area contributed by atoms with Crippen LogP contribution in [0.4, 0.5) is 10.2 Å². The van der Waals surface area contributed by atoms with Gasteiger partial charge in [0.05, 0.1) is 17.7 Å². The highest BCUT2D eigenvalue weighted by Crippen LogP contribution is 2.26. The van der Waals surface area contributed by atoms with E-state index < -0.39 is 10.0 Å². The van der Waals surface area contributed by atoms with Crippen molar-refractivity contribution in [2.24, 2.45) is 0 Å². The Morgan fingerprint density at radius 2 is 1.76 bits per heavy atom. The first-order valence-electron chi connectivity index (χ1n) is 10.2. The molecule has 0 bridgehead atoms. The second-order valence-corrected chi connectivity index (χ2v) is 9.36. The van der Waals surface area contributed by atoms with Crippen LogP contribution in [0, 0.1) is 5.82 Å². The fourth-order valence-electron chi connectivity index (χ4n) is 3.79. The highest BCUT2D eigenvalue weighted by atomic mass is 32.2. The predicted molar refractivity (Wildman–Crippen MR) is 118 cm³/mol. The third-order valence-electron chi connectivity index (χ3n) is 5.51. The normalized spacial score (nSPS) is 15.2. The topological polar surface area (TPSA) is 106 Å². The van der Waals surface area contributed by atoms with E-state index in [4.69, 9.17) is 4.74 Å². The molecule has 1 fully saturated rings. The summed E-state index contributed by atoms with van der Waals surface area (Å²) in [5.74, 6) is 0.765. The van der Waals surface area contributed by atoms with Gasteiger partial charge in [-0.2, -0.15) is 8.99 Å². The van der Waals surface area contributed by atoms with Gasteiger partial charge in [-0.05, 0) is 42.5 Å². The molecule has 0 radical (unpaired) electrons. The minimum absolute atomic E-state index is 0.221. The molecule has 0 aliphatic carbocycles. The molecule has 2 aromatic heterocycles. The third kappa shape index (κ3) is 3.87. The molecular weight excluding hydrogens is 449 g/mol. The lowest BCUT2D eigenvalue weighted by molar-refractivity contribution is 0.384. The van der Waals surface area contributed by atoms with E-state index >= 15 is 0 Å². The second kappa shape index (κ2) is 8.37. The van der Waals surface area contributed by atoms with Gasteiger partial charge in [-0.15, -0.1) is 5.10 Å². The Kier molecular flexibility index (Phi) is 5.38. The number of aromatic nitrogens is 5. The summed E-state index contributed by atoms with van der Waals surface area (Å²) in [4.78, 5) is 10.8. The van der Waals surface area contributed by atoms with E-state index in [0.717, 1.165) is 0 Å². The number of ether oxygens (including phenoxy) is 1. The van der Waals surface area contributed by atoms with E-state index in [2.05, 4.69) is 20.3 Å². The molecule has 0 N–H and O–H groups in total. The number of nitrogens with zero attached hydrogens (tertiary/aromatic N) is 7. The van der Waals surface area contributed by atoms with Crippen molar-refractivity contribution in [1.82, 2.24) is 29.3 Å². The molecule has 0 spiro atoms. The van der Waals surface area contributed by atoms with Gasteiger partial charge in [0.1, 0.15) is 17.9 Å². The number of hydrogen-bond donors (Lipinski definition) is 0. The zero-order valence-corrected chi connectivity index (χ0v) is 18.5. The quantitative estimate of drug-likeness (QED) is 0.436. The van der Waals surface area contributed by atoms with Crippen LogP contribution in [-0.4, -0.2) is 71.0 Å². The number of methoxy groups -OCH3 is 1. The van der Waals surface area contributed by atoms with E-state index in [1.165, 1.54) is 34.6 Å². The Bertz CT molecular complexity index is 1400. The van der Waals surface area contributed by atoms with Crippen LogP contribution in [0.3, 0.4) is 0 Å². The number of piperazine rings is 1. The summed E-state index contributed by atoms with van der Waals surface area (Å²) in [6.07, 6.45) is 1.40. The SMILES string of the molecule is COc1ccc(S(=O)(=O)N2CCN(c3ncnc4c3nnn4-c3cccc(F)c3)CC2)cc1. The maximum absolute atomic E-state index is 13.7. The van der Waals surface area contributed by atoms with Crippen molar-refractivity contribution < 1.29 is 17.5 Å². The molecule has 1 aliphatic rings. The van der Waals surface area contributed by atoms with Crippen molar-refractivity contribution in [3.05, 3.63) is 60.7 Å². The molecule has 12 heteroatoms. The molecule has 5 rings (SSSR count). The Morgan fingerprint density at radius 3 is 2.45 bits per heavy atom. The summed E-state index contributed by atoms with van der Waals surface area (Å²) >= 11 is 0. The van der Waals surface area contributed by atoms with Gasteiger partial charge in [0.25, 0.3) is 0 Å². The number of sulfonamides is 1. The van der Waals surface area contributed by atoms with E-state index in [9.17, 15) is 12.8 Å². The zero-order chi connectivity index (χ0) is 23.0. The molecule has 33 heavy (non-hydrogen) atoms. The van der Waals surface area contributed by atoms with Gasteiger partial charge in [-0.3, -0.25) is 0 Å². The maximum atomic E-state index is 13.7. The number of benzene rings is 2. The molecule has 3 heterocycles. The molecule has 10 nitrogen and oxygen atoms in total. The molecule has 4 aromatic rings. The molecule has 0 amide bonds. The molecular formula is C21H20FN7O3S. The zero-order valence-electron chi connectivity index (χ0n) is 17.7. The number of anilines is 1. The maximum Gasteiger partial charge on any atom is 0.243 e. The molecule has 170 valence electrons. The van der Waals surface area contributed by atoms with Crippen LogP contribution in [0.25, 0.3) is 16.9 Å². The highest BCUT2D eigenvalue weighted by molar-refractivity contribution is 7.89. The number of halogens is 1. The smallest absolute Gasteiger partial charge is 0.243 e. The van der Waals surface area contributed by atoms with Crippen molar-refractivity contribution >= 4 is 27.0 Å². The fourth-order valence-corrected chi connectivity index (χ4v) is 5.21. The van der Waals surface area contributed by atoms with Gasteiger partial charge in [-0.25, -0.2) is 22.8 Å². The number of rotatable bonds is 5. The average Bonchev–Trinajstić information content (AvgIpc) is 3.28. The molecule has 1 aliphatic heterocycles. The lowest BCUT2D eigenvalue weighted by Crippen LogP contribution is -2.49. The molecule has 1 saturated heterocycles. The summed E-state index contributed by atoms with van der Waals surface area (Å²) in [6.45, 7) is 1.43. The molecule has 0 unspecified atom stereocenters. The summed E-state index contributed by atoms with van der Waals surface area (Å²) in [5, 5.41) is 8.34. The van der Waals surface area contributed by atoms with E-state index in [-0.39, 0.29) is 23.8 Å². The van der Waals surface area contributed by atoms with Crippen LogP contribution in [0.15, 0.2) is 59.8 Å². The number of fused-ring (bicyclic) bond motifs is 1. The Labute approximate surface area is 189 Å². The van der Waals surface area contributed by atoms with Gasteiger partial charge >= 0.3 is 0 Å². The van der Waals surface area contributed by atoms with Crippen LogP contribution in [0.5, 0.6) is 5.75 Å². The fraction of sp³-hybridized carbons (Fsp3) is 0.238. The summed E-state index contributed by atoms with van der Waals surface area (Å²) in [5.41, 5.74) is 1.41. The standard InChI is InChI=1S/C21H20FN7O3S/c1-32-17-5-7-18(8-6-17)33(30,31)28-11-9-27(10-12-28)20-19-21(24-14-23-20)29(26-25-19)16-4-2-3-15(22)13-16/h2-8,13-14H,9-12H2,1H3. The van der Waals surface area contributed by atoms with Crippen LogP contribution in [0.1, 0.15) is 0 Å².